The number of aliphatic hydroxyl groups is 1. The van der Waals surface area contributed by atoms with E-state index in [1.54, 1.807) is 0 Å². The molecule has 0 atom stereocenters. The molecular weight excluding hydrogens is 224 g/mol. The predicted molar refractivity (Wildman–Crippen MR) is 72.7 cm³/mol. The fourth-order valence-corrected chi connectivity index (χ4v) is 3.43. The first kappa shape index (κ1) is 12.2. The molecule has 1 heterocycles. The van der Waals surface area contributed by atoms with Crippen LogP contribution in [0.15, 0.2) is 24.3 Å². The van der Waals surface area contributed by atoms with Crippen molar-refractivity contribution in [2.75, 3.05) is 32.8 Å². The number of hydrogen-bond donors (Lipinski definition) is 2. The van der Waals surface area contributed by atoms with Crippen molar-refractivity contribution in [3.8, 4) is 0 Å². The Labute approximate surface area is 109 Å². The normalized spacial score (nSPS) is 23.6. The number of nitrogens with one attached hydrogen (secondary N) is 1. The van der Waals surface area contributed by atoms with Crippen molar-refractivity contribution in [3.05, 3.63) is 35.4 Å². The van der Waals surface area contributed by atoms with Crippen LogP contribution >= 0.6 is 0 Å². The molecule has 0 radical (unpaired) electrons. The summed E-state index contributed by atoms with van der Waals surface area (Å²) in [4.78, 5) is 2.51. The summed E-state index contributed by atoms with van der Waals surface area (Å²) in [6.07, 6.45) is 3.18. The van der Waals surface area contributed by atoms with Gasteiger partial charge in [-0.2, -0.15) is 0 Å². The van der Waals surface area contributed by atoms with E-state index in [9.17, 15) is 5.11 Å². The molecule has 0 bridgehead atoms. The van der Waals surface area contributed by atoms with Gasteiger partial charge in [-0.05, 0) is 36.9 Å². The third-order valence-corrected chi connectivity index (χ3v) is 4.46. The van der Waals surface area contributed by atoms with Gasteiger partial charge in [-0.25, -0.2) is 0 Å². The van der Waals surface area contributed by atoms with Crippen molar-refractivity contribution >= 4 is 0 Å². The molecule has 3 nitrogen and oxygen atoms in total. The van der Waals surface area contributed by atoms with Crippen LogP contribution < -0.4 is 5.32 Å². The fraction of sp³-hybridized carbons (Fsp3) is 0.600. The second-order valence-corrected chi connectivity index (χ2v) is 5.60. The highest BCUT2D eigenvalue weighted by Crippen LogP contribution is 2.34. The van der Waals surface area contributed by atoms with Gasteiger partial charge >= 0.3 is 0 Å². The SMILES string of the molecule is OCC1(N2CCCNCC2)Cc2ccccc2C1. The summed E-state index contributed by atoms with van der Waals surface area (Å²) < 4.78 is 0. The second-order valence-electron chi connectivity index (χ2n) is 5.60. The van der Waals surface area contributed by atoms with Gasteiger partial charge in [0.05, 0.1) is 12.1 Å². The van der Waals surface area contributed by atoms with Crippen LogP contribution in [-0.4, -0.2) is 48.3 Å². The summed E-state index contributed by atoms with van der Waals surface area (Å²) in [5.74, 6) is 0. The van der Waals surface area contributed by atoms with Crippen LogP contribution in [0, 0.1) is 0 Å². The highest BCUT2D eigenvalue weighted by atomic mass is 16.3. The number of nitrogens with zero attached hydrogens (tertiary/aromatic N) is 1. The first-order chi connectivity index (χ1) is 8.84. The van der Waals surface area contributed by atoms with Gasteiger partial charge in [-0.1, -0.05) is 24.3 Å². The minimum Gasteiger partial charge on any atom is -0.394 e. The van der Waals surface area contributed by atoms with E-state index >= 15 is 0 Å². The number of aliphatic hydroxyl groups excluding tert-OH is 1. The molecule has 0 unspecified atom stereocenters. The van der Waals surface area contributed by atoms with Crippen LogP contribution in [0.1, 0.15) is 17.5 Å². The minimum absolute atomic E-state index is 0.0459. The molecule has 1 saturated heterocycles. The van der Waals surface area contributed by atoms with E-state index in [0.29, 0.717) is 0 Å². The van der Waals surface area contributed by atoms with Crippen molar-refractivity contribution < 1.29 is 5.11 Å². The zero-order chi connectivity index (χ0) is 12.4. The number of benzene rings is 1. The van der Waals surface area contributed by atoms with E-state index in [-0.39, 0.29) is 12.1 Å². The molecule has 0 spiro atoms. The smallest absolute Gasteiger partial charge is 0.0622 e. The van der Waals surface area contributed by atoms with Crippen LogP contribution in [0.5, 0.6) is 0 Å². The molecule has 1 aromatic carbocycles. The van der Waals surface area contributed by atoms with Gasteiger partial charge in [-0.3, -0.25) is 4.90 Å². The molecule has 3 rings (SSSR count). The molecule has 98 valence electrons. The van der Waals surface area contributed by atoms with Crippen LogP contribution in [0.2, 0.25) is 0 Å². The average molecular weight is 246 g/mol. The van der Waals surface area contributed by atoms with Crippen LogP contribution in [0.4, 0.5) is 0 Å². The first-order valence-corrected chi connectivity index (χ1v) is 6.97. The summed E-state index contributed by atoms with van der Waals surface area (Å²) in [5.41, 5.74) is 2.79. The van der Waals surface area contributed by atoms with Gasteiger partial charge in [0, 0.05) is 19.6 Å². The maximum atomic E-state index is 9.97. The van der Waals surface area contributed by atoms with Crippen LogP contribution in [0.25, 0.3) is 0 Å². The lowest BCUT2D eigenvalue weighted by Gasteiger charge is -2.39. The molecule has 2 aliphatic rings. The second kappa shape index (κ2) is 5.00. The van der Waals surface area contributed by atoms with Gasteiger partial charge in [0.25, 0.3) is 0 Å². The van der Waals surface area contributed by atoms with Crippen molar-refractivity contribution in [2.45, 2.75) is 24.8 Å². The Hall–Kier alpha value is -0.900. The monoisotopic (exact) mass is 246 g/mol. The van der Waals surface area contributed by atoms with Crippen molar-refractivity contribution in [1.29, 1.82) is 0 Å². The number of hydrogen-bond acceptors (Lipinski definition) is 3. The molecular formula is C15H22N2O. The average Bonchev–Trinajstić information content (AvgIpc) is 2.59. The standard InChI is InChI=1S/C15H22N2O/c18-12-15(17-8-3-6-16-7-9-17)10-13-4-1-2-5-14(13)11-15/h1-2,4-5,16,18H,3,6-12H2. The molecule has 18 heavy (non-hydrogen) atoms. The summed E-state index contributed by atoms with van der Waals surface area (Å²) in [7, 11) is 0. The quantitative estimate of drug-likeness (QED) is 0.811. The Bertz CT molecular complexity index is 386. The van der Waals surface area contributed by atoms with Gasteiger partial charge in [0.2, 0.25) is 0 Å². The lowest BCUT2D eigenvalue weighted by atomic mass is 9.94. The molecule has 1 fully saturated rings. The third-order valence-electron chi connectivity index (χ3n) is 4.46. The summed E-state index contributed by atoms with van der Waals surface area (Å²) in [6.45, 7) is 4.56. The Morgan fingerprint density at radius 2 is 1.83 bits per heavy atom. The van der Waals surface area contributed by atoms with Gasteiger partial charge in [0.15, 0.2) is 0 Å². The third kappa shape index (κ3) is 2.07. The van der Waals surface area contributed by atoms with E-state index in [4.69, 9.17) is 0 Å². The van der Waals surface area contributed by atoms with Gasteiger partial charge in [0.1, 0.15) is 0 Å². The maximum absolute atomic E-state index is 9.97. The lowest BCUT2D eigenvalue weighted by molar-refractivity contribution is 0.0412. The largest absolute Gasteiger partial charge is 0.394 e. The van der Waals surface area contributed by atoms with Gasteiger partial charge < -0.3 is 10.4 Å². The highest BCUT2D eigenvalue weighted by Gasteiger charge is 2.41. The zero-order valence-corrected chi connectivity index (χ0v) is 10.9. The lowest BCUT2D eigenvalue weighted by Crippen LogP contribution is -2.53. The Morgan fingerprint density at radius 3 is 2.50 bits per heavy atom. The van der Waals surface area contributed by atoms with Crippen molar-refractivity contribution in [1.82, 2.24) is 10.2 Å². The number of rotatable bonds is 2. The number of fused-ring (bicyclic) bond motifs is 1. The topological polar surface area (TPSA) is 35.5 Å². The molecule has 0 amide bonds. The summed E-state index contributed by atoms with van der Waals surface area (Å²) in [5, 5.41) is 13.4. The highest BCUT2D eigenvalue weighted by molar-refractivity contribution is 5.36. The molecule has 0 aromatic heterocycles. The Balaban J connectivity index is 1.84. The van der Waals surface area contributed by atoms with Crippen LogP contribution in [-0.2, 0) is 12.8 Å². The summed E-state index contributed by atoms with van der Waals surface area (Å²) in [6, 6.07) is 8.64. The molecule has 3 heteroatoms. The molecule has 1 aliphatic heterocycles. The predicted octanol–water partition coefficient (Wildman–Crippen LogP) is 0.812. The molecule has 1 aliphatic carbocycles. The van der Waals surface area contributed by atoms with E-state index in [1.807, 2.05) is 0 Å². The van der Waals surface area contributed by atoms with Gasteiger partial charge in [-0.15, -0.1) is 0 Å². The van der Waals surface area contributed by atoms with Crippen molar-refractivity contribution in [3.63, 3.8) is 0 Å². The van der Waals surface area contributed by atoms with E-state index < -0.39 is 0 Å². The van der Waals surface area contributed by atoms with E-state index in [2.05, 4.69) is 34.5 Å². The fourth-order valence-electron chi connectivity index (χ4n) is 3.43. The van der Waals surface area contributed by atoms with E-state index in [1.165, 1.54) is 17.5 Å². The van der Waals surface area contributed by atoms with E-state index in [0.717, 1.165) is 39.0 Å². The maximum Gasteiger partial charge on any atom is 0.0622 e. The minimum atomic E-state index is -0.0459. The van der Waals surface area contributed by atoms with Crippen molar-refractivity contribution in [2.24, 2.45) is 0 Å². The Kier molecular flexibility index (Phi) is 3.37. The van der Waals surface area contributed by atoms with Crippen LogP contribution in [0.3, 0.4) is 0 Å². The molecule has 2 N–H and O–H groups in total. The summed E-state index contributed by atoms with van der Waals surface area (Å²) >= 11 is 0. The Morgan fingerprint density at radius 1 is 1.11 bits per heavy atom. The molecule has 0 saturated carbocycles. The first-order valence-electron chi connectivity index (χ1n) is 6.97. The molecule has 1 aromatic rings. The zero-order valence-electron chi connectivity index (χ0n) is 10.9.